The van der Waals surface area contributed by atoms with Crippen molar-refractivity contribution in [1.82, 2.24) is 0 Å². The quantitative estimate of drug-likeness (QED) is 0.621. The van der Waals surface area contributed by atoms with Crippen LogP contribution in [0.5, 0.6) is 0 Å². The number of aliphatic hydroxyl groups is 1. The fourth-order valence-corrected chi connectivity index (χ4v) is 0.795. The van der Waals surface area contributed by atoms with Gasteiger partial charge in [0.25, 0.3) is 0 Å². The Bertz CT molecular complexity index is 74.6. The Morgan fingerprint density at radius 1 is 1.44 bits per heavy atom. The van der Waals surface area contributed by atoms with Crippen LogP contribution in [-0.2, 0) is 0 Å². The average molecular weight is 130 g/mol. The van der Waals surface area contributed by atoms with Crippen molar-refractivity contribution >= 4 is 0 Å². The predicted molar refractivity (Wildman–Crippen MR) is 40.4 cm³/mol. The van der Waals surface area contributed by atoms with Crippen LogP contribution < -0.4 is 0 Å². The maximum Gasteiger partial charge on any atom is 0.0642 e. The zero-order chi connectivity index (χ0) is 7.49. The summed E-state index contributed by atoms with van der Waals surface area (Å²) < 4.78 is 0. The molecule has 9 heavy (non-hydrogen) atoms. The summed E-state index contributed by atoms with van der Waals surface area (Å²) in [6.45, 7) is 8.10. The van der Waals surface area contributed by atoms with E-state index in [1.165, 1.54) is 0 Å². The van der Waals surface area contributed by atoms with Crippen molar-refractivity contribution in [3.63, 3.8) is 0 Å². The molecule has 0 aromatic carbocycles. The summed E-state index contributed by atoms with van der Waals surface area (Å²) in [4.78, 5) is 0. The van der Waals surface area contributed by atoms with Gasteiger partial charge in [0.05, 0.1) is 5.60 Å². The minimum absolute atomic E-state index is 0.373. The number of hydrogen-bond acceptors (Lipinski definition) is 1. The first-order chi connectivity index (χ1) is 4.00. The van der Waals surface area contributed by atoms with E-state index in [-0.39, 0.29) is 0 Å². The second-order valence-electron chi connectivity index (χ2n) is 3.26. The molecule has 1 heteroatoms. The summed E-state index contributed by atoms with van der Waals surface area (Å²) >= 11 is 0. The lowest BCUT2D eigenvalue weighted by molar-refractivity contribution is 0.00478. The second kappa shape index (κ2) is 3.21. The first-order valence-corrected chi connectivity index (χ1v) is 3.73. The van der Waals surface area contributed by atoms with Crippen molar-refractivity contribution in [3.05, 3.63) is 0 Å². The maximum absolute atomic E-state index is 9.59. The molecule has 56 valence electrons. The summed E-state index contributed by atoms with van der Waals surface area (Å²) in [5.74, 6) is 0.373. The fourth-order valence-electron chi connectivity index (χ4n) is 0.795. The van der Waals surface area contributed by atoms with Gasteiger partial charge >= 0.3 is 0 Å². The summed E-state index contributed by atoms with van der Waals surface area (Å²) in [6.07, 6.45) is 1.97. The fraction of sp³-hybridized carbons (Fsp3) is 1.00. The highest BCUT2D eigenvalue weighted by atomic mass is 16.3. The van der Waals surface area contributed by atoms with Gasteiger partial charge in [0, 0.05) is 0 Å². The van der Waals surface area contributed by atoms with Gasteiger partial charge in [-0.05, 0) is 19.3 Å². The molecule has 0 amide bonds. The normalized spacial score (nSPS) is 18.0. The highest BCUT2D eigenvalue weighted by molar-refractivity contribution is 4.74. The van der Waals surface area contributed by atoms with Gasteiger partial charge in [-0.1, -0.05) is 27.2 Å². The Morgan fingerprint density at radius 3 is 2.00 bits per heavy atom. The van der Waals surface area contributed by atoms with E-state index in [4.69, 9.17) is 0 Å². The number of rotatable bonds is 3. The van der Waals surface area contributed by atoms with Gasteiger partial charge in [-0.25, -0.2) is 0 Å². The maximum atomic E-state index is 9.59. The Kier molecular flexibility index (Phi) is 3.20. The zero-order valence-electron chi connectivity index (χ0n) is 6.94. The molecule has 1 atom stereocenters. The third kappa shape index (κ3) is 2.85. The van der Waals surface area contributed by atoms with Crippen LogP contribution in [0.15, 0.2) is 0 Å². The molecule has 0 saturated heterocycles. The van der Waals surface area contributed by atoms with E-state index in [1.54, 1.807) is 0 Å². The zero-order valence-corrected chi connectivity index (χ0v) is 6.94. The molecular weight excluding hydrogens is 112 g/mol. The molecule has 0 aliphatic carbocycles. The smallest absolute Gasteiger partial charge is 0.0642 e. The van der Waals surface area contributed by atoms with E-state index >= 15 is 0 Å². The highest BCUT2D eigenvalue weighted by Gasteiger charge is 2.22. The summed E-state index contributed by atoms with van der Waals surface area (Å²) in [5, 5.41) is 9.59. The Morgan fingerprint density at radius 2 is 1.89 bits per heavy atom. The highest BCUT2D eigenvalue weighted by Crippen LogP contribution is 2.21. The van der Waals surface area contributed by atoms with Crippen LogP contribution in [0.3, 0.4) is 0 Å². The van der Waals surface area contributed by atoms with Crippen molar-refractivity contribution in [2.24, 2.45) is 5.92 Å². The van der Waals surface area contributed by atoms with E-state index in [0.717, 1.165) is 12.8 Å². The molecule has 0 radical (unpaired) electrons. The van der Waals surface area contributed by atoms with E-state index in [1.807, 2.05) is 6.92 Å². The molecule has 0 heterocycles. The first-order valence-electron chi connectivity index (χ1n) is 3.73. The van der Waals surface area contributed by atoms with Gasteiger partial charge in [0.1, 0.15) is 0 Å². The Balaban J connectivity index is 3.70. The minimum atomic E-state index is -0.450. The first kappa shape index (κ1) is 8.96. The minimum Gasteiger partial charge on any atom is -0.390 e. The van der Waals surface area contributed by atoms with Crippen LogP contribution in [0.1, 0.15) is 40.5 Å². The molecule has 0 aromatic heterocycles. The van der Waals surface area contributed by atoms with Crippen LogP contribution in [0.4, 0.5) is 0 Å². The molecule has 0 rings (SSSR count). The molecular formula is C8H18O. The molecule has 0 saturated carbocycles. The lowest BCUT2D eigenvalue weighted by Gasteiger charge is -2.26. The predicted octanol–water partition coefficient (Wildman–Crippen LogP) is 2.19. The van der Waals surface area contributed by atoms with Crippen LogP contribution >= 0.6 is 0 Å². The van der Waals surface area contributed by atoms with Gasteiger partial charge in [-0.15, -0.1) is 0 Å². The van der Waals surface area contributed by atoms with Crippen LogP contribution in [0.25, 0.3) is 0 Å². The second-order valence-corrected chi connectivity index (χ2v) is 3.26. The third-order valence-electron chi connectivity index (χ3n) is 2.00. The van der Waals surface area contributed by atoms with Gasteiger partial charge in [0.15, 0.2) is 0 Å². The average Bonchev–Trinajstić information content (AvgIpc) is 1.65. The SMILES string of the molecule is CCC[C@](C)(O)C(C)C. The van der Waals surface area contributed by atoms with Crippen LogP contribution in [0.2, 0.25) is 0 Å². The lowest BCUT2D eigenvalue weighted by Crippen LogP contribution is -2.30. The van der Waals surface area contributed by atoms with E-state index < -0.39 is 5.60 Å². The third-order valence-corrected chi connectivity index (χ3v) is 2.00. The molecule has 0 aliphatic heterocycles. The molecule has 1 N–H and O–H groups in total. The standard InChI is InChI=1S/C8H18O/c1-5-6-8(4,9)7(2)3/h7,9H,5-6H2,1-4H3/t8-/m0/s1. The van der Waals surface area contributed by atoms with E-state index in [9.17, 15) is 5.11 Å². The Hall–Kier alpha value is -0.0400. The molecule has 0 unspecified atom stereocenters. The van der Waals surface area contributed by atoms with Crippen molar-refractivity contribution in [3.8, 4) is 0 Å². The van der Waals surface area contributed by atoms with Crippen molar-refractivity contribution in [2.75, 3.05) is 0 Å². The van der Waals surface area contributed by atoms with E-state index in [2.05, 4.69) is 20.8 Å². The van der Waals surface area contributed by atoms with Crippen molar-refractivity contribution in [2.45, 2.75) is 46.1 Å². The number of hydrogen-bond donors (Lipinski definition) is 1. The largest absolute Gasteiger partial charge is 0.390 e. The molecule has 0 bridgehead atoms. The molecule has 0 spiro atoms. The van der Waals surface area contributed by atoms with Crippen LogP contribution in [0, 0.1) is 5.92 Å². The molecule has 0 aromatic rings. The van der Waals surface area contributed by atoms with Crippen molar-refractivity contribution < 1.29 is 5.11 Å². The summed E-state index contributed by atoms with van der Waals surface area (Å²) in [6, 6.07) is 0. The molecule has 1 nitrogen and oxygen atoms in total. The lowest BCUT2D eigenvalue weighted by atomic mass is 9.88. The van der Waals surface area contributed by atoms with E-state index in [0.29, 0.717) is 5.92 Å². The summed E-state index contributed by atoms with van der Waals surface area (Å²) in [5.41, 5.74) is -0.450. The van der Waals surface area contributed by atoms with Crippen LogP contribution in [-0.4, -0.2) is 10.7 Å². The van der Waals surface area contributed by atoms with Gasteiger partial charge in [0.2, 0.25) is 0 Å². The Labute approximate surface area is 58.1 Å². The molecule has 0 aliphatic rings. The van der Waals surface area contributed by atoms with Gasteiger partial charge < -0.3 is 5.11 Å². The van der Waals surface area contributed by atoms with Gasteiger partial charge in [-0.2, -0.15) is 0 Å². The summed E-state index contributed by atoms with van der Waals surface area (Å²) in [7, 11) is 0. The monoisotopic (exact) mass is 130 g/mol. The molecule has 0 fully saturated rings. The van der Waals surface area contributed by atoms with Gasteiger partial charge in [-0.3, -0.25) is 0 Å². The topological polar surface area (TPSA) is 20.2 Å². The van der Waals surface area contributed by atoms with Crippen molar-refractivity contribution in [1.29, 1.82) is 0 Å².